The summed E-state index contributed by atoms with van der Waals surface area (Å²) in [5.74, 6) is -0.438. The summed E-state index contributed by atoms with van der Waals surface area (Å²) in [6, 6.07) is 7.49. The van der Waals surface area contributed by atoms with E-state index in [-0.39, 0.29) is 17.5 Å². The largest absolute Gasteiger partial charge is 0.493 e. The number of ether oxygens (including phenoxy) is 3. The fourth-order valence-corrected chi connectivity index (χ4v) is 5.84. The highest BCUT2D eigenvalue weighted by Crippen LogP contribution is 2.54. The van der Waals surface area contributed by atoms with Crippen LogP contribution in [-0.4, -0.2) is 48.2 Å². The minimum atomic E-state index is -1.22. The molecule has 0 aliphatic carbocycles. The van der Waals surface area contributed by atoms with Crippen LogP contribution in [0.4, 0.5) is 0 Å². The summed E-state index contributed by atoms with van der Waals surface area (Å²) in [5, 5.41) is 13.7. The van der Waals surface area contributed by atoms with Gasteiger partial charge >= 0.3 is 5.97 Å². The van der Waals surface area contributed by atoms with Crippen LogP contribution in [-0.2, 0) is 9.47 Å². The molecule has 3 aromatic rings. The Kier molecular flexibility index (Phi) is 5.83. The zero-order valence-electron chi connectivity index (χ0n) is 19.4. The lowest BCUT2D eigenvalue weighted by Gasteiger charge is -2.38. The molecular weight excluding hydrogens is 454 g/mol. The number of thiophene rings is 1. The summed E-state index contributed by atoms with van der Waals surface area (Å²) in [4.78, 5) is 24.5. The first kappa shape index (κ1) is 22.8. The van der Waals surface area contributed by atoms with Crippen LogP contribution in [0.1, 0.15) is 48.1 Å². The van der Waals surface area contributed by atoms with Crippen LogP contribution in [0, 0.1) is 0 Å². The van der Waals surface area contributed by atoms with E-state index in [4.69, 9.17) is 14.2 Å². The number of rotatable bonds is 7. The van der Waals surface area contributed by atoms with Gasteiger partial charge in [-0.15, -0.1) is 0 Å². The quantitative estimate of drug-likeness (QED) is 0.488. The number of hydrogen-bond acceptors (Lipinski definition) is 6. The molecule has 34 heavy (non-hydrogen) atoms. The van der Waals surface area contributed by atoms with E-state index in [1.165, 1.54) is 12.3 Å². The predicted octanol–water partition coefficient (Wildman–Crippen LogP) is 4.80. The van der Waals surface area contributed by atoms with Crippen molar-refractivity contribution in [2.75, 3.05) is 26.9 Å². The molecule has 7 nitrogen and oxygen atoms in total. The number of carboxylic acids is 1. The second-order valence-corrected chi connectivity index (χ2v) is 10.0. The number of benzene rings is 1. The van der Waals surface area contributed by atoms with Gasteiger partial charge in [-0.05, 0) is 53.9 Å². The molecule has 5 rings (SSSR count). The Morgan fingerprint density at radius 1 is 1.26 bits per heavy atom. The molecule has 2 aromatic heterocycles. The molecule has 2 atom stereocenters. The SMILES string of the molecule is COCCCOc1cc2c(cc1-c1ccsc1)-c1cc(=O)c(C(=O)O)cn1C1[C@@H]2COC1(C)C. The number of carboxylic acid groups (broad SMARTS) is 1. The topological polar surface area (TPSA) is 87.0 Å². The summed E-state index contributed by atoms with van der Waals surface area (Å²) in [5.41, 5.74) is 3.37. The average molecular weight is 482 g/mol. The minimum absolute atomic E-state index is 0.000466. The van der Waals surface area contributed by atoms with Crippen molar-refractivity contribution in [3.8, 4) is 28.1 Å². The van der Waals surface area contributed by atoms with E-state index in [1.807, 2.05) is 29.9 Å². The zero-order chi connectivity index (χ0) is 24.0. The van der Waals surface area contributed by atoms with Crippen LogP contribution in [0.3, 0.4) is 0 Å². The second kappa shape index (κ2) is 8.69. The summed E-state index contributed by atoms with van der Waals surface area (Å²) in [6.45, 7) is 5.66. The molecule has 2 aliphatic heterocycles. The Morgan fingerprint density at radius 2 is 2.09 bits per heavy atom. The van der Waals surface area contributed by atoms with Crippen LogP contribution in [0.2, 0.25) is 0 Å². The molecule has 0 saturated carbocycles. The Balaban J connectivity index is 1.72. The number of hydrogen-bond donors (Lipinski definition) is 1. The van der Waals surface area contributed by atoms with Gasteiger partial charge in [0.05, 0.1) is 30.6 Å². The van der Waals surface area contributed by atoms with Crippen molar-refractivity contribution in [2.45, 2.75) is 37.8 Å². The normalized spacial score (nSPS) is 19.9. The summed E-state index contributed by atoms with van der Waals surface area (Å²) < 4.78 is 19.5. The smallest absolute Gasteiger partial charge is 0.341 e. The first-order chi connectivity index (χ1) is 16.3. The molecule has 1 unspecified atom stereocenters. The first-order valence-corrected chi connectivity index (χ1v) is 12.2. The van der Waals surface area contributed by atoms with E-state index < -0.39 is 17.0 Å². The third kappa shape index (κ3) is 3.76. The van der Waals surface area contributed by atoms with Crippen LogP contribution in [0.5, 0.6) is 5.75 Å². The Hall–Kier alpha value is -2.94. The summed E-state index contributed by atoms with van der Waals surface area (Å²) in [7, 11) is 1.67. The fourth-order valence-electron chi connectivity index (χ4n) is 5.18. The molecule has 8 heteroatoms. The summed E-state index contributed by atoms with van der Waals surface area (Å²) in [6.07, 6.45) is 2.26. The Bertz CT molecular complexity index is 1290. The number of pyridine rings is 1. The van der Waals surface area contributed by atoms with Gasteiger partial charge in [0.1, 0.15) is 11.3 Å². The van der Waals surface area contributed by atoms with E-state index in [0.29, 0.717) is 25.5 Å². The number of nitrogens with zero attached hydrogens (tertiary/aromatic N) is 1. The maximum atomic E-state index is 12.7. The van der Waals surface area contributed by atoms with Gasteiger partial charge in [0.2, 0.25) is 0 Å². The molecule has 4 heterocycles. The number of aromatic carboxylic acids is 1. The fraction of sp³-hybridized carbons (Fsp3) is 0.385. The third-order valence-corrected chi connectivity index (χ3v) is 7.43. The van der Waals surface area contributed by atoms with Gasteiger partial charge in [-0.2, -0.15) is 11.3 Å². The maximum absolute atomic E-state index is 12.7. The monoisotopic (exact) mass is 481 g/mol. The van der Waals surface area contributed by atoms with Crippen molar-refractivity contribution < 1.29 is 24.1 Å². The van der Waals surface area contributed by atoms with E-state index in [1.54, 1.807) is 18.4 Å². The molecular formula is C26H27NO6S. The van der Waals surface area contributed by atoms with E-state index in [2.05, 4.69) is 17.5 Å². The highest BCUT2D eigenvalue weighted by Gasteiger charge is 2.49. The Morgan fingerprint density at radius 3 is 2.79 bits per heavy atom. The first-order valence-electron chi connectivity index (χ1n) is 11.3. The lowest BCUT2D eigenvalue weighted by molar-refractivity contribution is 0.0145. The number of carbonyl (C=O) groups is 1. The van der Waals surface area contributed by atoms with Crippen molar-refractivity contribution in [3.05, 3.63) is 62.6 Å². The van der Waals surface area contributed by atoms with Crippen molar-refractivity contribution >= 4 is 17.3 Å². The van der Waals surface area contributed by atoms with Crippen LogP contribution in [0.15, 0.2) is 46.0 Å². The van der Waals surface area contributed by atoms with E-state index in [0.717, 1.165) is 34.4 Å². The van der Waals surface area contributed by atoms with Gasteiger partial charge in [-0.1, -0.05) is 0 Å². The van der Waals surface area contributed by atoms with Gasteiger partial charge in [-0.3, -0.25) is 4.79 Å². The molecule has 1 saturated heterocycles. The number of aromatic nitrogens is 1. The lowest BCUT2D eigenvalue weighted by Crippen LogP contribution is -2.36. The van der Waals surface area contributed by atoms with Gasteiger partial charge in [0, 0.05) is 49.4 Å². The zero-order valence-corrected chi connectivity index (χ0v) is 20.2. The third-order valence-electron chi connectivity index (χ3n) is 6.75. The number of methoxy groups -OCH3 is 1. The van der Waals surface area contributed by atoms with Crippen molar-refractivity contribution in [1.29, 1.82) is 0 Å². The highest BCUT2D eigenvalue weighted by molar-refractivity contribution is 7.08. The molecule has 0 radical (unpaired) electrons. The lowest BCUT2D eigenvalue weighted by atomic mass is 9.78. The summed E-state index contributed by atoms with van der Waals surface area (Å²) >= 11 is 1.60. The van der Waals surface area contributed by atoms with Crippen molar-refractivity contribution in [1.82, 2.24) is 4.57 Å². The van der Waals surface area contributed by atoms with Crippen molar-refractivity contribution in [3.63, 3.8) is 0 Å². The van der Waals surface area contributed by atoms with Crippen molar-refractivity contribution in [2.24, 2.45) is 0 Å². The molecule has 1 N–H and O–H groups in total. The molecule has 0 amide bonds. The molecule has 0 bridgehead atoms. The maximum Gasteiger partial charge on any atom is 0.341 e. The molecule has 1 aromatic carbocycles. The second-order valence-electron chi connectivity index (χ2n) is 9.26. The minimum Gasteiger partial charge on any atom is -0.493 e. The Labute approximate surface area is 201 Å². The molecule has 0 spiro atoms. The average Bonchev–Trinajstić information content (AvgIpc) is 3.44. The predicted molar refractivity (Wildman–Crippen MR) is 130 cm³/mol. The van der Waals surface area contributed by atoms with Gasteiger partial charge in [0.25, 0.3) is 0 Å². The molecule has 2 aliphatic rings. The molecule has 178 valence electrons. The number of fused-ring (bicyclic) bond motifs is 6. The standard InChI is InChI=1S/C26H27NO6S/c1-26(2)24-20(13-33-26)17-10-23(32-7-4-6-31-3)16(15-5-8-34-14-15)9-18(17)21-11-22(28)19(25(29)30)12-27(21)24/h5,8-12,14,20,24H,4,6-7,13H2,1-3H3,(H,29,30)/t20-,24?/m1/s1. The molecule has 1 fully saturated rings. The van der Waals surface area contributed by atoms with E-state index >= 15 is 0 Å². The van der Waals surface area contributed by atoms with Crippen LogP contribution in [0.25, 0.3) is 22.4 Å². The van der Waals surface area contributed by atoms with Crippen LogP contribution >= 0.6 is 11.3 Å². The van der Waals surface area contributed by atoms with Gasteiger partial charge in [-0.25, -0.2) is 4.79 Å². The van der Waals surface area contributed by atoms with Gasteiger partial charge < -0.3 is 23.9 Å². The van der Waals surface area contributed by atoms with Gasteiger partial charge in [0.15, 0.2) is 5.43 Å². The highest BCUT2D eigenvalue weighted by atomic mass is 32.1. The van der Waals surface area contributed by atoms with E-state index in [9.17, 15) is 14.7 Å². The van der Waals surface area contributed by atoms with Crippen LogP contribution < -0.4 is 10.2 Å².